The van der Waals surface area contributed by atoms with Crippen molar-refractivity contribution in [3.63, 3.8) is 0 Å². The SMILES string of the molecule is CC[C@H]1OC(=O)[C@H](C)[C@@H](C2C[C@@](C)(OC)[C@@H](O)[C@H](C)O2)[C@H](C)[C@@H](O[C@@H]2O[C@H](C)C[C@H](N(C)CCc3cn(C(CF)CN4C(=O)c5ccccc5C4=O)nn3)[C@H]2O)[C@](C)(O)C[C@@H](C)CN(C)[C@H](C)[C@@H](O)[C@]1(C)O. The second-order valence-corrected chi connectivity index (χ2v) is 22.3. The molecule has 5 N–H and O–H groups in total. The number of ether oxygens (including phenoxy) is 5. The highest BCUT2D eigenvalue weighted by molar-refractivity contribution is 6.21. The Balaban J connectivity index is 1.27. The van der Waals surface area contributed by atoms with E-state index in [-0.39, 0.29) is 42.9 Å². The van der Waals surface area contributed by atoms with E-state index in [1.54, 1.807) is 72.0 Å². The number of fused-ring (bicyclic) bond motifs is 1. The number of aliphatic hydroxyl groups is 5. The predicted octanol–water partition coefficient (Wildman–Crippen LogP) is 3.19. The lowest BCUT2D eigenvalue weighted by Gasteiger charge is -2.51. The van der Waals surface area contributed by atoms with Gasteiger partial charge in [-0.2, -0.15) is 0 Å². The zero-order chi connectivity index (χ0) is 53.4. The number of aromatic nitrogens is 3. The van der Waals surface area contributed by atoms with Crippen LogP contribution in [-0.2, 0) is 34.9 Å². The summed E-state index contributed by atoms with van der Waals surface area (Å²) in [5.74, 6) is -4.32. The van der Waals surface area contributed by atoms with Crippen LogP contribution in [0.2, 0.25) is 0 Å². The largest absolute Gasteiger partial charge is 0.459 e. The number of rotatable bonds is 13. The smallest absolute Gasteiger partial charge is 0.309 e. The third-order valence-corrected chi connectivity index (χ3v) is 16.6. The fourth-order valence-corrected chi connectivity index (χ4v) is 12.1. The number of hydrogen-bond donors (Lipinski definition) is 5. The van der Waals surface area contributed by atoms with Crippen molar-refractivity contribution in [1.82, 2.24) is 29.7 Å². The van der Waals surface area contributed by atoms with Crippen LogP contribution in [0.4, 0.5) is 4.39 Å². The Kier molecular flexibility index (Phi) is 18.6. The van der Waals surface area contributed by atoms with E-state index < -0.39 is 132 Å². The first-order valence-electron chi connectivity index (χ1n) is 25.7. The molecular weight excluding hydrogens is 936 g/mol. The molecule has 19 nitrogen and oxygen atoms in total. The van der Waals surface area contributed by atoms with Crippen LogP contribution >= 0.6 is 0 Å². The lowest BCUT2D eigenvalue weighted by molar-refractivity contribution is -0.302. The number of aliphatic hydroxyl groups excluding tert-OH is 3. The lowest BCUT2D eigenvalue weighted by Crippen LogP contribution is -2.62. The molecule has 2 aromatic rings. The Morgan fingerprint density at radius 3 is 2.19 bits per heavy atom. The molecule has 0 radical (unpaired) electrons. The average Bonchev–Trinajstić information content (AvgIpc) is 3.90. The molecule has 2 unspecified atom stereocenters. The first-order chi connectivity index (χ1) is 33.7. The molecule has 5 heterocycles. The van der Waals surface area contributed by atoms with Crippen LogP contribution in [-0.4, -0.2) is 205 Å². The van der Waals surface area contributed by atoms with E-state index in [0.717, 1.165) is 4.90 Å². The van der Waals surface area contributed by atoms with Gasteiger partial charge in [0.2, 0.25) is 0 Å². The molecule has 1 aromatic carbocycles. The van der Waals surface area contributed by atoms with E-state index in [1.165, 1.54) is 18.7 Å². The van der Waals surface area contributed by atoms with E-state index in [0.29, 0.717) is 31.6 Å². The molecule has 1 aromatic heterocycles. The van der Waals surface area contributed by atoms with Crippen molar-refractivity contribution in [2.45, 2.75) is 191 Å². The molecule has 4 aliphatic heterocycles. The summed E-state index contributed by atoms with van der Waals surface area (Å²) in [5, 5.41) is 68.5. The maximum Gasteiger partial charge on any atom is 0.309 e. The summed E-state index contributed by atoms with van der Waals surface area (Å²) in [6.45, 7) is 17.3. The second-order valence-electron chi connectivity index (χ2n) is 22.3. The third-order valence-electron chi connectivity index (χ3n) is 16.6. The summed E-state index contributed by atoms with van der Waals surface area (Å²) < 4.78 is 47.9. The topological polar surface area (TPSA) is 239 Å². The van der Waals surface area contributed by atoms with E-state index in [4.69, 9.17) is 23.7 Å². The van der Waals surface area contributed by atoms with Gasteiger partial charge in [-0.05, 0) is 98.9 Å². The molecule has 0 saturated carbocycles. The van der Waals surface area contributed by atoms with Crippen LogP contribution in [0.25, 0.3) is 0 Å². The number of imide groups is 1. The van der Waals surface area contributed by atoms with Gasteiger partial charge in [0.25, 0.3) is 11.8 Å². The molecule has 6 rings (SSSR count). The van der Waals surface area contributed by atoms with Gasteiger partial charge in [-0.25, -0.2) is 9.07 Å². The van der Waals surface area contributed by atoms with Gasteiger partial charge in [-0.15, -0.1) is 5.10 Å². The monoisotopic (exact) mass is 1020 g/mol. The van der Waals surface area contributed by atoms with Crippen LogP contribution in [0.1, 0.15) is 127 Å². The minimum atomic E-state index is -1.84. The Labute approximate surface area is 424 Å². The van der Waals surface area contributed by atoms with Crippen LogP contribution in [0.3, 0.4) is 0 Å². The number of halogens is 1. The first-order valence-corrected chi connectivity index (χ1v) is 25.7. The number of methoxy groups -OCH3 is 1. The quantitative estimate of drug-likeness (QED) is 0.143. The van der Waals surface area contributed by atoms with Crippen LogP contribution in [0, 0.1) is 23.7 Å². The van der Waals surface area contributed by atoms with E-state index >= 15 is 0 Å². The molecule has 0 aliphatic carbocycles. The number of likely N-dealkylation sites (N-methyl/N-ethyl adjacent to an activating group) is 2. The van der Waals surface area contributed by atoms with E-state index in [2.05, 4.69) is 10.3 Å². The van der Waals surface area contributed by atoms with Crippen molar-refractivity contribution in [3.8, 4) is 0 Å². The zero-order valence-electron chi connectivity index (χ0n) is 44.6. The molecule has 3 saturated heterocycles. The number of alkyl halides is 1. The maximum atomic E-state index is 14.6. The number of esters is 1. The van der Waals surface area contributed by atoms with Gasteiger partial charge in [0.15, 0.2) is 6.29 Å². The number of carbonyl (C=O) groups is 3. The summed E-state index contributed by atoms with van der Waals surface area (Å²) in [5.41, 5.74) is -3.50. The van der Waals surface area contributed by atoms with Crippen molar-refractivity contribution in [2.24, 2.45) is 23.7 Å². The molecule has 406 valence electrons. The van der Waals surface area contributed by atoms with E-state index in [1.807, 2.05) is 44.7 Å². The third kappa shape index (κ3) is 11.9. The number of nitrogens with zero attached hydrogens (tertiary/aromatic N) is 6. The van der Waals surface area contributed by atoms with Crippen LogP contribution in [0.15, 0.2) is 30.5 Å². The zero-order valence-corrected chi connectivity index (χ0v) is 44.6. The van der Waals surface area contributed by atoms with Crippen LogP contribution < -0.4 is 0 Å². The van der Waals surface area contributed by atoms with Crippen molar-refractivity contribution >= 4 is 17.8 Å². The highest BCUT2D eigenvalue weighted by Gasteiger charge is 2.55. The molecule has 0 spiro atoms. The average molecular weight is 1020 g/mol. The number of cyclic esters (lactones) is 1. The number of amides is 2. The minimum Gasteiger partial charge on any atom is -0.459 e. The maximum absolute atomic E-state index is 14.6. The second kappa shape index (κ2) is 23.1. The molecule has 2 amide bonds. The highest BCUT2D eigenvalue weighted by atomic mass is 19.1. The fourth-order valence-electron chi connectivity index (χ4n) is 12.1. The standard InChI is InChI=1S/C52H83FN6O13/c1-14-40-52(10,67)43(61)32(6)57(12)25-28(2)22-50(8,66)45(30(4)41(31(5)48(65)71-40)39-23-51(9,68-13)44(62)33(7)70-39)72-49-42(60)38(21-29(3)69-49)56(11)20-19-34-26-59(55-54-34)35(24-53)27-58-46(63)36-17-15-16-18-37(36)47(58)64/h15-18,26,28-33,35,38-45,49,60-62,66-67H,14,19-25,27H2,1-13H3/t28-,29-,30+,31-,32-,33+,35?,38+,39?,40-,41+,42-,43-,44+,45-,49+,50-,51-,52-/m1/s1. The van der Waals surface area contributed by atoms with Gasteiger partial charge >= 0.3 is 5.97 Å². The van der Waals surface area contributed by atoms with Gasteiger partial charge < -0.3 is 59.0 Å². The number of benzene rings is 1. The first kappa shape index (κ1) is 57.7. The summed E-state index contributed by atoms with van der Waals surface area (Å²) in [4.78, 5) is 45.6. The fraction of sp³-hybridized carbons (Fsp3) is 0.788. The predicted molar refractivity (Wildman–Crippen MR) is 262 cm³/mol. The molecule has 72 heavy (non-hydrogen) atoms. The Bertz CT molecular complexity index is 2130. The summed E-state index contributed by atoms with van der Waals surface area (Å²) in [7, 11) is 5.19. The minimum absolute atomic E-state index is 0.157. The number of hydrogen-bond acceptors (Lipinski definition) is 17. The molecular formula is C52H83FN6O13. The molecule has 19 atom stereocenters. The normalized spacial score (nSPS) is 40.4. The Hall–Kier alpha value is -3.54. The van der Waals surface area contributed by atoms with Crippen LogP contribution in [0.5, 0.6) is 0 Å². The van der Waals surface area contributed by atoms with Gasteiger partial charge in [0, 0.05) is 57.2 Å². The van der Waals surface area contributed by atoms with Crippen molar-refractivity contribution in [2.75, 3.05) is 47.5 Å². The number of carbonyl (C=O) groups excluding carboxylic acids is 3. The highest BCUT2D eigenvalue weighted by Crippen LogP contribution is 2.45. The Morgan fingerprint density at radius 1 is 0.958 bits per heavy atom. The van der Waals surface area contributed by atoms with Gasteiger partial charge in [0.1, 0.15) is 42.7 Å². The molecule has 3 fully saturated rings. The van der Waals surface area contributed by atoms with Crippen molar-refractivity contribution < 1.29 is 68.0 Å². The summed E-state index contributed by atoms with van der Waals surface area (Å²) in [6.07, 6.45) is -6.05. The molecule has 4 aliphatic rings. The summed E-state index contributed by atoms with van der Waals surface area (Å²) in [6, 6.07) is 4.42. The van der Waals surface area contributed by atoms with Gasteiger partial charge in [0.05, 0.1) is 64.9 Å². The lowest BCUT2D eigenvalue weighted by atomic mass is 9.68. The van der Waals surface area contributed by atoms with Gasteiger partial charge in [-0.3, -0.25) is 19.3 Å². The van der Waals surface area contributed by atoms with Crippen molar-refractivity contribution in [1.29, 1.82) is 0 Å². The summed E-state index contributed by atoms with van der Waals surface area (Å²) >= 11 is 0. The molecule has 0 bridgehead atoms. The molecule has 20 heteroatoms. The van der Waals surface area contributed by atoms with E-state index in [9.17, 15) is 44.3 Å². The Morgan fingerprint density at radius 2 is 1.60 bits per heavy atom. The van der Waals surface area contributed by atoms with Gasteiger partial charge in [-0.1, -0.05) is 45.0 Å². The van der Waals surface area contributed by atoms with Crippen molar-refractivity contribution in [3.05, 3.63) is 47.3 Å².